The van der Waals surface area contributed by atoms with Gasteiger partial charge >= 0.3 is 0 Å². The molecule has 1 heterocycles. The highest BCUT2D eigenvalue weighted by Gasteiger charge is 2.29. The third-order valence-corrected chi connectivity index (χ3v) is 2.62. The van der Waals surface area contributed by atoms with Crippen molar-refractivity contribution in [1.82, 2.24) is 0 Å². The molecule has 0 radical (unpaired) electrons. The molecule has 106 valence electrons. The zero-order chi connectivity index (χ0) is 12.5. The van der Waals surface area contributed by atoms with Gasteiger partial charge in [0.05, 0.1) is 0 Å². The molecule has 7 heteroatoms. The van der Waals surface area contributed by atoms with Crippen molar-refractivity contribution in [2.75, 3.05) is 12.4 Å². The Balaban J connectivity index is 0.00000162. The first-order valence-corrected chi connectivity index (χ1v) is 5.20. The van der Waals surface area contributed by atoms with Crippen molar-refractivity contribution < 1.29 is 9.13 Å². The number of aliphatic imine (C=N–C) groups is 1. The van der Waals surface area contributed by atoms with Gasteiger partial charge in [0, 0.05) is 5.69 Å². The van der Waals surface area contributed by atoms with E-state index in [1.807, 2.05) is 19.1 Å². The SMILES string of the molecule is C[C@@]1(c2cccc(N)c2)C=C(CF)OC(N)=N1.Cl.Cl. The van der Waals surface area contributed by atoms with Crippen LogP contribution in [0, 0.1) is 0 Å². The van der Waals surface area contributed by atoms with Crippen molar-refractivity contribution in [2.24, 2.45) is 10.7 Å². The minimum absolute atomic E-state index is 0. The molecule has 0 aliphatic carbocycles. The van der Waals surface area contributed by atoms with Gasteiger partial charge in [0.2, 0.25) is 0 Å². The average molecular weight is 308 g/mol. The normalized spacial score (nSPS) is 21.2. The molecule has 1 aromatic rings. The number of nitrogen functional groups attached to an aromatic ring is 1. The quantitative estimate of drug-likeness (QED) is 0.825. The lowest BCUT2D eigenvalue weighted by Gasteiger charge is -2.27. The van der Waals surface area contributed by atoms with Crippen LogP contribution in [0.1, 0.15) is 12.5 Å². The van der Waals surface area contributed by atoms with Crippen molar-refractivity contribution in [3.8, 4) is 0 Å². The van der Waals surface area contributed by atoms with Gasteiger partial charge in [-0.15, -0.1) is 24.8 Å². The molecule has 1 aliphatic heterocycles. The van der Waals surface area contributed by atoms with E-state index in [-0.39, 0.29) is 36.6 Å². The molecule has 1 aromatic carbocycles. The summed E-state index contributed by atoms with van der Waals surface area (Å²) < 4.78 is 17.6. The number of halogens is 3. The third kappa shape index (κ3) is 3.75. The first-order valence-electron chi connectivity index (χ1n) is 5.20. The predicted molar refractivity (Wildman–Crippen MR) is 79.5 cm³/mol. The summed E-state index contributed by atoms with van der Waals surface area (Å²) in [6, 6.07) is 7.21. The largest absolute Gasteiger partial charge is 0.428 e. The topological polar surface area (TPSA) is 73.6 Å². The maximum atomic E-state index is 12.7. The molecule has 0 bridgehead atoms. The lowest BCUT2D eigenvalue weighted by atomic mass is 9.91. The third-order valence-electron chi connectivity index (χ3n) is 2.62. The molecule has 0 aromatic heterocycles. The summed E-state index contributed by atoms with van der Waals surface area (Å²) in [6.07, 6.45) is 1.61. The zero-order valence-electron chi connectivity index (χ0n) is 10.3. The van der Waals surface area contributed by atoms with Crippen molar-refractivity contribution in [3.05, 3.63) is 41.7 Å². The van der Waals surface area contributed by atoms with E-state index in [1.54, 1.807) is 18.2 Å². The van der Waals surface area contributed by atoms with Gasteiger partial charge in [-0.1, -0.05) is 12.1 Å². The molecular formula is C12H16Cl2FN3O. The highest BCUT2D eigenvalue weighted by Crippen LogP contribution is 2.32. The number of ether oxygens (including phenoxy) is 1. The molecule has 4 nitrogen and oxygen atoms in total. The van der Waals surface area contributed by atoms with Crippen molar-refractivity contribution in [1.29, 1.82) is 0 Å². The van der Waals surface area contributed by atoms with Crippen LogP contribution in [0.2, 0.25) is 0 Å². The molecular weight excluding hydrogens is 292 g/mol. The smallest absolute Gasteiger partial charge is 0.288 e. The molecule has 0 spiro atoms. The highest BCUT2D eigenvalue weighted by molar-refractivity contribution is 5.85. The van der Waals surface area contributed by atoms with Crippen LogP contribution in [-0.2, 0) is 10.3 Å². The number of alkyl halides is 1. The highest BCUT2D eigenvalue weighted by atomic mass is 35.5. The van der Waals surface area contributed by atoms with Crippen molar-refractivity contribution >= 4 is 36.5 Å². The zero-order valence-corrected chi connectivity index (χ0v) is 11.9. The minimum atomic E-state index is -0.737. The number of hydrogen-bond donors (Lipinski definition) is 2. The predicted octanol–water partition coefficient (Wildman–Crippen LogP) is 2.53. The van der Waals surface area contributed by atoms with E-state index in [0.29, 0.717) is 5.69 Å². The average Bonchev–Trinajstić information content (AvgIpc) is 2.28. The molecule has 1 aliphatic rings. The second-order valence-corrected chi connectivity index (χ2v) is 4.07. The summed E-state index contributed by atoms with van der Waals surface area (Å²) in [6.45, 7) is 1.11. The fraction of sp³-hybridized carbons (Fsp3) is 0.250. The molecule has 0 saturated heterocycles. The molecule has 19 heavy (non-hydrogen) atoms. The number of anilines is 1. The Morgan fingerprint density at radius 2 is 2.00 bits per heavy atom. The number of rotatable bonds is 2. The van der Waals surface area contributed by atoms with E-state index < -0.39 is 12.2 Å². The van der Waals surface area contributed by atoms with Gasteiger partial charge in [-0.3, -0.25) is 0 Å². The Morgan fingerprint density at radius 3 is 2.58 bits per heavy atom. The summed E-state index contributed by atoms with van der Waals surface area (Å²) in [5, 5.41) is 0. The Morgan fingerprint density at radius 1 is 1.32 bits per heavy atom. The first kappa shape index (κ1) is 17.5. The summed E-state index contributed by atoms with van der Waals surface area (Å²) in [5.41, 5.74) is 12.0. The summed E-state index contributed by atoms with van der Waals surface area (Å²) in [4.78, 5) is 4.20. The number of nitrogens with two attached hydrogens (primary N) is 2. The van der Waals surface area contributed by atoms with Gasteiger partial charge < -0.3 is 16.2 Å². The van der Waals surface area contributed by atoms with E-state index in [2.05, 4.69) is 4.99 Å². The summed E-state index contributed by atoms with van der Waals surface area (Å²) >= 11 is 0. The molecule has 0 saturated carbocycles. The fourth-order valence-corrected chi connectivity index (χ4v) is 1.83. The van der Waals surface area contributed by atoms with Gasteiger partial charge in [-0.05, 0) is 30.7 Å². The number of amidine groups is 1. The number of nitrogens with zero attached hydrogens (tertiary/aromatic N) is 1. The van der Waals surface area contributed by atoms with Gasteiger partial charge in [-0.25, -0.2) is 9.38 Å². The van der Waals surface area contributed by atoms with Gasteiger partial charge in [0.15, 0.2) is 0 Å². The van der Waals surface area contributed by atoms with Crippen LogP contribution in [0.4, 0.5) is 10.1 Å². The van der Waals surface area contributed by atoms with Gasteiger partial charge in [0.25, 0.3) is 6.02 Å². The van der Waals surface area contributed by atoms with Gasteiger partial charge in [0.1, 0.15) is 18.0 Å². The second-order valence-electron chi connectivity index (χ2n) is 4.07. The number of hydrogen-bond acceptors (Lipinski definition) is 4. The minimum Gasteiger partial charge on any atom is -0.428 e. The van der Waals surface area contributed by atoms with Crippen LogP contribution in [0.15, 0.2) is 41.1 Å². The summed E-state index contributed by atoms with van der Waals surface area (Å²) in [5.74, 6) is 0.169. The van der Waals surface area contributed by atoms with Gasteiger partial charge in [-0.2, -0.15) is 0 Å². The standard InChI is InChI=1S/C12H14FN3O.2ClH/c1-12(8-3-2-4-9(14)5-8)6-10(7-13)17-11(15)16-12;;/h2-6H,7,14H2,1H3,(H2,15,16);2*1H/t12-;;/m0../s1. The molecule has 4 N–H and O–H groups in total. The van der Waals surface area contributed by atoms with E-state index in [1.165, 1.54) is 0 Å². The van der Waals surface area contributed by atoms with E-state index in [0.717, 1.165) is 5.56 Å². The molecule has 0 amide bonds. The van der Waals surface area contributed by atoms with E-state index >= 15 is 0 Å². The van der Waals surface area contributed by atoms with Crippen LogP contribution in [0.25, 0.3) is 0 Å². The number of allylic oxidation sites excluding steroid dienone is 1. The second kappa shape index (κ2) is 6.63. The molecule has 0 unspecified atom stereocenters. The Bertz CT molecular complexity index is 508. The van der Waals surface area contributed by atoms with Crippen molar-refractivity contribution in [2.45, 2.75) is 12.5 Å². The Kier molecular flexibility index (Phi) is 6.12. The molecule has 1 atom stereocenters. The van der Waals surface area contributed by atoms with Crippen molar-refractivity contribution in [3.63, 3.8) is 0 Å². The lowest BCUT2D eigenvalue weighted by Crippen LogP contribution is -2.30. The van der Waals surface area contributed by atoms with Crippen LogP contribution >= 0.6 is 24.8 Å². The Labute approximate surface area is 123 Å². The molecule has 0 fully saturated rings. The first-order chi connectivity index (χ1) is 8.03. The van der Waals surface area contributed by atoms with Crippen LogP contribution in [-0.4, -0.2) is 12.7 Å². The maximum absolute atomic E-state index is 12.7. The van der Waals surface area contributed by atoms with Crippen LogP contribution in [0.5, 0.6) is 0 Å². The monoisotopic (exact) mass is 307 g/mol. The van der Waals surface area contributed by atoms with E-state index in [9.17, 15) is 4.39 Å². The Hall–Kier alpha value is -1.46. The summed E-state index contributed by atoms with van der Waals surface area (Å²) in [7, 11) is 0. The van der Waals surface area contributed by atoms with E-state index in [4.69, 9.17) is 16.2 Å². The maximum Gasteiger partial charge on any atom is 0.288 e. The van der Waals surface area contributed by atoms with Crippen LogP contribution in [0.3, 0.4) is 0 Å². The fourth-order valence-electron chi connectivity index (χ4n) is 1.83. The van der Waals surface area contributed by atoms with Crippen LogP contribution < -0.4 is 11.5 Å². The number of benzene rings is 1. The molecule has 2 rings (SSSR count). The lowest BCUT2D eigenvalue weighted by molar-refractivity contribution is 0.317.